The van der Waals surface area contributed by atoms with Crippen molar-refractivity contribution >= 4 is 38.9 Å². The summed E-state index contributed by atoms with van der Waals surface area (Å²) in [5.41, 5.74) is 5.86. The van der Waals surface area contributed by atoms with Crippen LogP contribution in [0.15, 0.2) is 17.0 Å². The molecule has 0 heterocycles. The number of rotatable bonds is 3. The van der Waals surface area contributed by atoms with Crippen LogP contribution in [0.2, 0.25) is 10.0 Å². The fraction of sp³-hybridized carbons (Fsp3) is 0.571. The van der Waals surface area contributed by atoms with E-state index in [2.05, 4.69) is 11.6 Å². The van der Waals surface area contributed by atoms with Crippen molar-refractivity contribution < 1.29 is 8.42 Å². The molecular formula is C14H20Cl2N2O2S. The van der Waals surface area contributed by atoms with Crippen LogP contribution in [0.1, 0.15) is 39.0 Å². The van der Waals surface area contributed by atoms with E-state index in [1.807, 2.05) is 0 Å². The van der Waals surface area contributed by atoms with Crippen molar-refractivity contribution in [3.05, 3.63) is 22.2 Å². The smallest absolute Gasteiger partial charge is 0.244 e. The van der Waals surface area contributed by atoms with E-state index in [1.165, 1.54) is 12.1 Å². The van der Waals surface area contributed by atoms with Gasteiger partial charge in [0, 0.05) is 11.1 Å². The number of anilines is 1. The first kappa shape index (κ1) is 16.9. The molecule has 0 aliphatic heterocycles. The zero-order chi connectivity index (χ0) is 15.6. The molecular weight excluding hydrogens is 331 g/mol. The molecule has 1 aliphatic rings. The van der Waals surface area contributed by atoms with Gasteiger partial charge in [0.2, 0.25) is 10.0 Å². The predicted molar refractivity (Wildman–Crippen MR) is 87.2 cm³/mol. The molecule has 2 rings (SSSR count). The Kier molecular flexibility index (Phi) is 5.41. The number of nitrogens with one attached hydrogen (secondary N) is 1. The number of nitrogen functional groups attached to an aromatic ring is 1. The number of halogens is 2. The van der Waals surface area contributed by atoms with Gasteiger partial charge in [0.15, 0.2) is 0 Å². The summed E-state index contributed by atoms with van der Waals surface area (Å²) in [4.78, 5) is -0.0787. The molecule has 7 heteroatoms. The molecule has 1 saturated carbocycles. The number of benzene rings is 1. The van der Waals surface area contributed by atoms with Gasteiger partial charge in [0.25, 0.3) is 0 Å². The van der Waals surface area contributed by atoms with Crippen molar-refractivity contribution in [1.82, 2.24) is 4.72 Å². The van der Waals surface area contributed by atoms with Gasteiger partial charge in [-0.15, -0.1) is 0 Å². The third-order valence-corrected chi connectivity index (χ3v) is 6.21. The molecule has 0 amide bonds. The molecule has 1 aliphatic carbocycles. The quantitative estimate of drug-likeness (QED) is 0.642. The van der Waals surface area contributed by atoms with E-state index in [0.29, 0.717) is 10.9 Å². The lowest BCUT2D eigenvalue weighted by Gasteiger charge is -2.23. The Morgan fingerprint density at radius 2 is 1.86 bits per heavy atom. The number of hydrogen-bond acceptors (Lipinski definition) is 3. The Hall–Kier alpha value is -0.490. The second-order valence-corrected chi connectivity index (χ2v) is 8.14. The van der Waals surface area contributed by atoms with Crippen LogP contribution in [-0.4, -0.2) is 14.5 Å². The summed E-state index contributed by atoms with van der Waals surface area (Å²) in [6.07, 6.45) is 5.18. The Morgan fingerprint density at radius 1 is 1.19 bits per heavy atom. The molecule has 1 aromatic carbocycles. The van der Waals surface area contributed by atoms with Crippen molar-refractivity contribution in [2.75, 3.05) is 5.73 Å². The number of hydrogen-bond donors (Lipinski definition) is 2. The maximum Gasteiger partial charge on any atom is 0.244 e. The minimum Gasteiger partial charge on any atom is -0.398 e. The van der Waals surface area contributed by atoms with Gasteiger partial charge in [0.05, 0.1) is 10.7 Å². The van der Waals surface area contributed by atoms with E-state index in [0.717, 1.165) is 32.1 Å². The molecule has 118 valence electrons. The van der Waals surface area contributed by atoms with Gasteiger partial charge in [-0.25, -0.2) is 13.1 Å². The standard InChI is InChI=1S/C14H20Cl2N2O2S/c1-9-5-3-2-4-6-13(9)18-21(19,20)14-11(16)7-10(15)8-12(14)17/h7-9,13,18H,2-6,17H2,1H3. The zero-order valence-electron chi connectivity index (χ0n) is 11.9. The Morgan fingerprint density at radius 3 is 2.52 bits per heavy atom. The van der Waals surface area contributed by atoms with Crippen LogP contribution in [0.4, 0.5) is 5.69 Å². The molecule has 1 aromatic rings. The van der Waals surface area contributed by atoms with Crippen molar-refractivity contribution in [3.63, 3.8) is 0 Å². The average Bonchev–Trinajstić information content (AvgIpc) is 2.52. The van der Waals surface area contributed by atoms with Crippen LogP contribution in [-0.2, 0) is 10.0 Å². The van der Waals surface area contributed by atoms with E-state index < -0.39 is 10.0 Å². The van der Waals surface area contributed by atoms with Crippen LogP contribution < -0.4 is 10.5 Å². The van der Waals surface area contributed by atoms with Crippen LogP contribution >= 0.6 is 23.2 Å². The summed E-state index contributed by atoms with van der Waals surface area (Å²) in [7, 11) is -3.75. The van der Waals surface area contributed by atoms with Gasteiger partial charge in [-0.1, -0.05) is 49.4 Å². The summed E-state index contributed by atoms with van der Waals surface area (Å²) >= 11 is 11.9. The van der Waals surface area contributed by atoms with E-state index >= 15 is 0 Å². The molecule has 0 aromatic heterocycles. The van der Waals surface area contributed by atoms with Crippen LogP contribution in [0, 0.1) is 5.92 Å². The van der Waals surface area contributed by atoms with Crippen molar-refractivity contribution in [1.29, 1.82) is 0 Å². The Balaban J connectivity index is 2.30. The SMILES string of the molecule is CC1CCCCCC1NS(=O)(=O)c1c(N)cc(Cl)cc1Cl. The zero-order valence-corrected chi connectivity index (χ0v) is 14.2. The van der Waals surface area contributed by atoms with E-state index in [9.17, 15) is 8.42 Å². The highest BCUT2D eigenvalue weighted by molar-refractivity contribution is 7.89. The third-order valence-electron chi connectivity index (χ3n) is 3.97. The summed E-state index contributed by atoms with van der Waals surface area (Å²) < 4.78 is 28.0. The maximum absolute atomic E-state index is 12.6. The highest BCUT2D eigenvalue weighted by Crippen LogP contribution is 2.32. The Labute approximate surface area is 136 Å². The average molecular weight is 351 g/mol. The summed E-state index contributed by atoms with van der Waals surface area (Å²) in [5.74, 6) is 0.301. The fourth-order valence-electron chi connectivity index (χ4n) is 2.79. The normalized spacial score (nSPS) is 23.8. The molecule has 4 nitrogen and oxygen atoms in total. The minimum atomic E-state index is -3.75. The van der Waals surface area contributed by atoms with E-state index in [1.54, 1.807) is 0 Å². The van der Waals surface area contributed by atoms with Crippen LogP contribution in [0.25, 0.3) is 0 Å². The first-order valence-electron chi connectivity index (χ1n) is 7.08. The van der Waals surface area contributed by atoms with Gasteiger partial charge in [-0.05, 0) is 30.9 Å². The largest absolute Gasteiger partial charge is 0.398 e. The minimum absolute atomic E-state index is 0.0498. The lowest BCUT2D eigenvalue weighted by atomic mass is 9.98. The van der Waals surface area contributed by atoms with Gasteiger partial charge in [0.1, 0.15) is 4.90 Å². The van der Waals surface area contributed by atoms with E-state index in [-0.39, 0.29) is 21.6 Å². The number of nitrogens with two attached hydrogens (primary N) is 1. The highest BCUT2D eigenvalue weighted by atomic mass is 35.5. The second-order valence-electron chi connectivity index (χ2n) is 5.65. The van der Waals surface area contributed by atoms with Gasteiger partial charge >= 0.3 is 0 Å². The molecule has 2 unspecified atom stereocenters. The summed E-state index contributed by atoms with van der Waals surface area (Å²) in [6, 6.07) is 2.71. The maximum atomic E-state index is 12.6. The van der Waals surface area contributed by atoms with Crippen molar-refractivity contribution in [3.8, 4) is 0 Å². The molecule has 0 spiro atoms. The van der Waals surface area contributed by atoms with Gasteiger partial charge in [-0.3, -0.25) is 0 Å². The highest BCUT2D eigenvalue weighted by Gasteiger charge is 2.28. The molecule has 1 fully saturated rings. The van der Waals surface area contributed by atoms with Crippen molar-refractivity contribution in [2.45, 2.75) is 50.0 Å². The van der Waals surface area contributed by atoms with Gasteiger partial charge < -0.3 is 5.73 Å². The molecule has 0 radical (unpaired) electrons. The molecule has 2 atom stereocenters. The lowest BCUT2D eigenvalue weighted by molar-refractivity contribution is 0.399. The van der Waals surface area contributed by atoms with E-state index in [4.69, 9.17) is 28.9 Å². The topological polar surface area (TPSA) is 72.2 Å². The fourth-order valence-corrected chi connectivity index (χ4v) is 5.16. The van der Waals surface area contributed by atoms with Gasteiger partial charge in [-0.2, -0.15) is 0 Å². The molecule has 0 saturated heterocycles. The van der Waals surface area contributed by atoms with Crippen molar-refractivity contribution in [2.24, 2.45) is 5.92 Å². The van der Waals surface area contributed by atoms with Crippen LogP contribution in [0.3, 0.4) is 0 Å². The molecule has 3 N–H and O–H groups in total. The lowest BCUT2D eigenvalue weighted by Crippen LogP contribution is -2.39. The Bertz CT molecular complexity index is 596. The predicted octanol–water partition coefficient (Wildman–Crippen LogP) is 3.82. The molecule has 0 bridgehead atoms. The first-order valence-corrected chi connectivity index (χ1v) is 9.32. The summed E-state index contributed by atoms with van der Waals surface area (Å²) in [5, 5.41) is 0.369. The second kappa shape index (κ2) is 6.73. The summed E-state index contributed by atoms with van der Waals surface area (Å²) in [6.45, 7) is 2.07. The third kappa shape index (κ3) is 4.03. The first-order chi connectivity index (χ1) is 9.81. The number of sulfonamides is 1. The molecule has 21 heavy (non-hydrogen) atoms. The van der Waals surface area contributed by atoms with Crippen LogP contribution in [0.5, 0.6) is 0 Å². The monoisotopic (exact) mass is 350 g/mol.